The zero-order chi connectivity index (χ0) is 19.9. The zero-order valence-electron chi connectivity index (χ0n) is 17.7. The van der Waals surface area contributed by atoms with E-state index in [1.165, 1.54) is 57.9 Å². The van der Waals surface area contributed by atoms with Crippen LogP contribution in [0, 0.1) is 0 Å². The Morgan fingerprint density at radius 3 is 2.53 bits per heavy atom. The summed E-state index contributed by atoms with van der Waals surface area (Å²) in [5.41, 5.74) is 3.75. The van der Waals surface area contributed by atoms with Crippen LogP contribution in [0.15, 0.2) is 48.5 Å². The number of unbranched alkanes of at least 4 members (excludes halogenated alkanes) is 3. The van der Waals surface area contributed by atoms with Crippen molar-refractivity contribution < 1.29 is 4.79 Å². The smallest absolute Gasteiger partial charge is 0.257 e. The minimum absolute atomic E-state index is 0. The number of carbonyl (C=O) groups excluding carboxylic acids is 1. The van der Waals surface area contributed by atoms with Gasteiger partial charge in [0.1, 0.15) is 0 Å². The number of hydrogen-bond acceptors (Lipinski definition) is 3. The first-order chi connectivity index (χ1) is 14.3. The second-order valence-electron chi connectivity index (χ2n) is 8.34. The first-order valence-electron chi connectivity index (χ1n) is 11.3. The van der Waals surface area contributed by atoms with Crippen LogP contribution in [0.5, 0.6) is 0 Å². The van der Waals surface area contributed by atoms with Gasteiger partial charge in [-0.1, -0.05) is 56.4 Å². The van der Waals surface area contributed by atoms with E-state index in [0.29, 0.717) is 0 Å². The third-order valence-electron chi connectivity index (χ3n) is 6.23. The van der Waals surface area contributed by atoms with Crippen LogP contribution in [0.2, 0.25) is 0 Å². The lowest BCUT2D eigenvalue weighted by atomic mass is 10.0. The van der Waals surface area contributed by atoms with E-state index in [9.17, 15) is 4.79 Å². The molecule has 2 aliphatic heterocycles. The van der Waals surface area contributed by atoms with Crippen molar-refractivity contribution in [3.05, 3.63) is 54.1 Å². The van der Waals surface area contributed by atoms with Gasteiger partial charge in [0.15, 0.2) is 0 Å². The minimum Gasteiger partial charge on any atom is -0.339 e. The van der Waals surface area contributed by atoms with Crippen LogP contribution in [-0.4, -0.2) is 25.0 Å². The molecule has 30 heavy (non-hydrogen) atoms. The molecule has 1 saturated heterocycles. The van der Waals surface area contributed by atoms with Crippen molar-refractivity contribution in [2.75, 3.05) is 23.3 Å². The summed E-state index contributed by atoms with van der Waals surface area (Å²) in [4.78, 5) is 15.0. The molecule has 162 valence electrons. The monoisotopic (exact) mass is 427 g/mol. The van der Waals surface area contributed by atoms with Crippen LogP contribution in [0.1, 0.15) is 68.1 Å². The Morgan fingerprint density at radius 1 is 0.867 bits per heavy atom. The molecule has 2 aliphatic rings. The summed E-state index contributed by atoms with van der Waals surface area (Å²) in [6.45, 7) is 2.13. The van der Waals surface area contributed by atoms with E-state index in [1.54, 1.807) is 0 Å². The van der Waals surface area contributed by atoms with Crippen molar-refractivity contribution in [2.24, 2.45) is 0 Å². The molecule has 0 bridgehead atoms. The summed E-state index contributed by atoms with van der Waals surface area (Å²) in [5, 5.41) is 6.78. The van der Waals surface area contributed by atoms with E-state index >= 15 is 0 Å². The number of nitrogens with zero attached hydrogens (tertiary/aromatic N) is 1. The molecule has 0 saturated carbocycles. The lowest BCUT2D eigenvalue weighted by Crippen LogP contribution is -2.27. The van der Waals surface area contributed by atoms with Crippen LogP contribution in [0.4, 0.5) is 17.1 Å². The maximum atomic E-state index is 12.7. The van der Waals surface area contributed by atoms with E-state index in [1.807, 2.05) is 36.4 Å². The van der Waals surface area contributed by atoms with Crippen molar-refractivity contribution in [1.29, 1.82) is 0 Å². The van der Waals surface area contributed by atoms with Gasteiger partial charge in [0, 0.05) is 12.6 Å². The summed E-state index contributed by atoms with van der Waals surface area (Å²) < 4.78 is 0. The average Bonchev–Trinajstić information content (AvgIpc) is 3.08. The SMILES string of the molecule is Cl.O=C1Nc2ccccc2N(CCCCCCC2CCCCCN2)c2ccccc21. The number of fused-ring (bicyclic) bond motifs is 2. The molecule has 2 N–H and O–H groups in total. The van der Waals surface area contributed by atoms with Crippen molar-refractivity contribution in [3.63, 3.8) is 0 Å². The highest BCUT2D eigenvalue weighted by molar-refractivity contribution is 6.12. The third-order valence-corrected chi connectivity index (χ3v) is 6.23. The highest BCUT2D eigenvalue weighted by atomic mass is 35.5. The van der Waals surface area contributed by atoms with Gasteiger partial charge < -0.3 is 15.5 Å². The summed E-state index contributed by atoms with van der Waals surface area (Å²) >= 11 is 0. The average molecular weight is 428 g/mol. The number of halogens is 1. The van der Waals surface area contributed by atoms with Crippen molar-refractivity contribution in [3.8, 4) is 0 Å². The maximum absolute atomic E-state index is 12.7. The molecular formula is C25H34ClN3O. The standard InChI is InChI=1S/C25H33N3O.ClH/c29-25-21-14-6-8-16-23(21)28(24-17-9-7-15-22(24)27-25)19-11-2-1-4-12-20-13-5-3-10-18-26-20;/h6-9,14-17,20,26H,1-5,10-13,18-19H2,(H,27,29);1H. The van der Waals surface area contributed by atoms with Gasteiger partial charge in [-0.3, -0.25) is 4.79 Å². The molecule has 2 heterocycles. The fourth-order valence-electron chi connectivity index (χ4n) is 4.64. The highest BCUT2D eigenvalue weighted by Gasteiger charge is 2.24. The summed E-state index contributed by atoms with van der Waals surface area (Å²) in [7, 11) is 0. The zero-order valence-corrected chi connectivity index (χ0v) is 18.6. The molecule has 1 atom stereocenters. The fraction of sp³-hybridized carbons (Fsp3) is 0.480. The molecule has 0 spiro atoms. The third kappa shape index (κ3) is 5.55. The molecule has 0 radical (unpaired) electrons. The summed E-state index contributed by atoms with van der Waals surface area (Å²) in [5.74, 6) is -0.0218. The van der Waals surface area contributed by atoms with Gasteiger partial charge in [-0.15, -0.1) is 12.4 Å². The number of rotatable bonds is 7. The van der Waals surface area contributed by atoms with Crippen LogP contribution in [-0.2, 0) is 0 Å². The van der Waals surface area contributed by atoms with E-state index in [2.05, 4.69) is 27.7 Å². The minimum atomic E-state index is -0.0218. The van der Waals surface area contributed by atoms with Gasteiger partial charge in [0.05, 0.1) is 22.6 Å². The Kier molecular flexibility index (Phi) is 8.59. The Balaban J connectivity index is 0.00000256. The maximum Gasteiger partial charge on any atom is 0.257 e. The molecule has 2 aromatic carbocycles. The topological polar surface area (TPSA) is 44.4 Å². The predicted octanol–water partition coefficient (Wildman–Crippen LogP) is 6.29. The lowest BCUT2D eigenvalue weighted by molar-refractivity contribution is 0.102. The molecule has 1 fully saturated rings. The molecular weight excluding hydrogens is 394 g/mol. The van der Waals surface area contributed by atoms with E-state index in [-0.39, 0.29) is 18.3 Å². The molecule has 0 aliphatic carbocycles. The first-order valence-corrected chi connectivity index (χ1v) is 11.3. The predicted molar refractivity (Wildman–Crippen MR) is 128 cm³/mol. The van der Waals surface area contributed by atoms with E-state index < -0.39 is 0 Å². The quantitative estimate of drug-likeness (QED) is 0.510. The number of anilines is 3. The Morgan fingerprint density at radius 2 is 1.63 bits per heavy atom. The first kappa shape index (κ1) is 22.6. The molecule has 4 nitrogen and oxygen atoms in total. The van der Waals surface area contributed by atoms with Crippen LogP contribution < -0.4 is 15.5 Å². The number of carbonyl (C=O) groups is 1. The van der Waals surface area contributed by atoms with Gasteiger partial charge in [0.2, 0.25) is 0 Å². The molecule has 1 unspecified atom stereocenters. The van der Waals surface area contributed by atoms with Crippen molar-refractivity contribution >= 4 is 35.4 Å². The van der Waals surface area contributed by atoms with Crippen LogP contribution in [0.25, 0.3) is 0 Å². The van der Waals surface area contributed by atoms with Crippen LogP contribution >= 0.6 is 12.4 Å². The molecule has 5 heteroatoms. The number of benzene rings is 2. The number of hydrogen-bond donors (Lipinski definition) is 2. The normalized spacial score (nSPS) is 18.3. The van der Waals surface area contributed by atoms with Crippen LogP contribution in [0.3, 0.4) is 0 Å². The number of para-hydroxylation sites is 3. The Labute approximate surface area is 186 Å². The number of amides is 1. The van der Waals surface area contributed by atoms with E-state index in [4.69, 9.17) is 0 Å². The number of nitrogens with one attached hydrogen (secondary N) is 2. The van der Waals surface area contributed by atoms with Gasteiger partial charge in [-0.2, -0.15) is 0 Å². The van der Waals surface area contributed by atoms with Crippen molar-refractivity contribution in [1.82, 2.24) is 5.32 Å². The molecule has 0 aromatic heterocycles. The van der Waals surface area contributed by atoms with Gasteiger partial charge >= 0.3 is 0 Å². The Bertz CT molecular complexity index is 818. The molecule has 2 aromatic rings. The van der Waals surface area contributed by atoms with E-state index in [0.717, 1.165) is 41.6 Å². The van der Waals surface area contributed by atoms with Gasteiger partial charge in [-0.05, 0) is 56.5 Å². The highest BCUT2D eigenvalue weighted by Crippen LogP contribution is 2.37. The second-order valence-corrected chi connectivity index (χ2v) is 8.34. The Hall–Kier alpha value is -2.04. The molecule has 4 rings (SSSR count). The summed E-state index contributed by atoms with van der Waals surface area (Å²) in [6.07, 6.45) is 11.7. The second kappa shape index (κ2) is 11.4. The van der Waals surface area contributed by atoms with Gasteiger partial charge in [0.25, 0.3) is 5.91 Å². The largest absolute Gasteiger partial charge is 0.339 e. The summed E-state index contributed by atoms with van der Waals surface area (Å²) in [6, 6.07) is 16.8. The van der Waals surface area contributed by atoms with Crippen molar-refractivity contribution in [2.45, 2.75) is 63.8 Å². The lowest BCUT2D eigenvalue weighted by Gasteiger charge is -2.26. The van der Waals surface area contributed by atoms with Gasteiger partial charge in [-0.25, -0.2) is 0 Å². The molecule has 1 amide bonds. The fourth-order valence-corrected chi connectivity index (χ4v) is 4.64.